The summed E-state index contributed by atoms with van der Waals surface area (Å²) < 4.78 is 39.6. The number of benzene rings is 2. The Labute approximate surface area is 199 Å². The summed E-state index contributed by atoms with van der Waals surface area (Å²) in [4.78, 5) is 17.3. The minimum atomic E-state index is -3.71. The van der Waals surface area contributed by atoms with Crippen LogP contribution in [0.2, 0.25) is 0 Å². The second-order valence-electron chi connectivity index (χ2n) is 8.99. The number of carbonyl (C=O) groups excluding carboxylic acids is 1. The summed E-state index contributed by atoms with van der Waals surface area (Å²) in [5.41, 5.74) is 1.69. The lowest BCUT2D eigenvalue weighted by Crippen LogP contribution is -2.48. The number of ether oxygens (including phenoxy) is 2. The van der Waals surface area contributed by atoms with Crippen molar-refractivity contribution in [2.45, 2.75) is 31.2 Å². The number of amides is 1. The Morgan fingerprint density at radius 3 is 2.68 bits per heavy atom. The van der Waals surface area contributed by atoms with Crippen LogP contribution in [0.3, 0.4) is 0 Å². The minimum Gasteiger partial charge on any atom is -0.454 e. The molecule has 9 nitrogen and oxygen atoms in total. The van der Waals surface area contributed by atoms with Crippen molar-refractivity contribution in [2.24, 2.45) is 10.3 Å². The Bertz CT molecular complexity index is 1220. The fourth-order valence-corrected chi connectivity index (χ4v) is 5.69. The highest BCUT2D eigenvalue weighted by atomic mass is 32.2. The van der Waals surface area contributed by atoms with Crippen molar-refractivity contribution in [2.75, 3.05) is 38.3 Å². The number of anilines is 1. The van der Waals surface area contributed by atoms with Crippen LogP contribution in [0.4, 0.5) is 5.69 Å². The topological polar surface area (TPSA) is 101 Å². The Balaban J connectivity index is 1.11. The molecule has 2 aromatic carbocycles. The summed E-state index contributed by atoms with van der Waals surface area (Å²) in [6.45, 7) is 5.98. The first-order chi connectivity index (χ1) is 16.4. The van der Waals surface area contributed by atoms with Crippen LogP contribution < -0.4 is 14.8 Å². The first kappa shape index (κ1) is 22.7. The number of amidine groups is 1. The molecule has 0 spiro atoms. The molecular weight excluding hydrogens is 456 g/mol. The van der Waals surface area contributed by atoms with Crippen molar-refractivity contribution in [3.8, 4) is 11.5 Å². The molecule has 3 aliphatic heterocycles. The van der Waals surface area contributed by atoms with Crippen LogP contribution >= 0.6 is 0 Å². The number of sulfonamides is 1. The number of fused-ring (bicyclic) bond motifs is 2. The summed E-state index contributed by atoms with van der Waals surface area (Å²) in [7, 11) is -3.71. The number of carbonyl (C=O) groups is 1. The van der Waals surface area contributed by atoms with E-state index in [1.807, 2.05) is 30.0 Å². The molecule has 2 aromatic rings. The van der Waals surface area contributed by atoms with Gasteiger partial charge in [0.1, 0.15) is 10.7 Å². The molecule has 1 saturated heterocycles. The maximum atomic E-state index is 12.9. The van der Waals surface area contributed by atoms with Crippen LogP contribution in [-0.2, 0) is 21.4 Å². The zero-order valence-corrected chi connectivity index (χ0v) is 19.9. The molecule has 5 rings (SSSR count). The van der Waals surface area contributed by atoms with E-state index in [-0.39, 0.29) is 23.5 Å². The second-order valence-corrected chi connectivity index (χ2v) is 10.6. The van der Waals surface area contributed by atoms with Gasteiger partial charge in [-0.2, -0.15) is 8.42 Å². The predicted molar refractivity (Wildman–Crippen MR) is 128 cm³/mol. The van der Waals surface area contributed by atoms with E-state index in [1.54, 1.807) is 18.2 Å². The monoisotopic (exact) mass is 484 g/mol. The van der Waals surface area contributed by atoms with Gasteiger partial charge in [-0.15, -0.1) is 4.40 Å². The van der Waals surface area contributed by atoms with E-state index in [4.69, 9.17) is 9.47 Å². The fraction of sp³-hybridized carbons (Fsp3) is 0.417. The Hall–Kier alpha value is -3.11. The smallest absolute Gasteiger partial charge is 0.286 e. The van der Waals surface area contributed by atoms with Crippen LogP contribution in [0.15, 0.2) is 51.8 Å². The van der Waals surface area contributed by atoms with Crippen LogP contribution in [0, 0.1) is 5.92 Å². The highest BCUT2D eigenvalue weighted by Crippen LogP contribution is 2.33. The molecule has 1 atom stereocenters. The summed E-state index contributed by atoms with van der Waals surface area (Å²) in [6.07, 6.45) is 0.744. The van der Waals surface area contributed by atoms with Gasteiger partial charge < -0.3 is 19.7 Å². The lowest BCUT2D eigenvalue weighted by atomic mass is 10.0. The van der Waals surface area contributed by atoms with E-state index >= 15 is 0 Å². The molecule has 0 aromatic heterocycles. The zero-order chi connectivity index (χ0) is 23.7. The molecular formula is C24H28N4O5S. The Kier molecular flexibility index (Phi) is 6.18. The molecule has 10 heteroatoms. The van der Waals surface area contributed by atoms with E-state index < -0.39 is 10.0 Å². The van der Waals surface area contributed by atoms with Crippen LogP contribution in [-0.4, -0.2) is 62.9 Å². The summed E-state index contributed by atoms with van der Waals surface area (Å²) >= 11 is 0. The summed E-state index contributed by atoms with van der Waals surface area (Å²) in [6, 6.07) is 12.7. The molecule has 3 aliphatic rings. The number of para-hydroxylation sites is 1. The van der Waals surface area contributed by atoms with E-state index in [1.165, 1.54) is 6.07 Å². The van der Waals surface area contributed by atoms with Gasteiger partial charge >= 0.3 is 0 Å². The molecule has 3 heterocycles. The summed E-state index contributed by atoms with van der Waals surface area (Å²) in [5, 5.41) is 3.10. The highest BCUT2D eigenvalue weighted by molar-refractivity contribution is 7.90. The van der Waals surface area contributed by atoms with E-state index in [9.17, 15) is 13.2 Å². The normalized spacial score (nSPS) is 19.7. The average molecular weight is 485 g/mol. The molecule has 180 valence electrons. The molecule has 1 fully saturated rings. The van der Waals surface area contributed by atoms with E-state index in [0.29, 0.717) is 37.5 Å². The first-order valence-electron chi connectivity index (χ1n) is 11.5. The molecule has 1 N–H and O–H groups in total. The number of rotatable bonds is 6. The number of hydrogen-bond donors (Lipinski definition) is 1. The number of nitrogens with zero attached hydrogens (tertiary/aromatic N) is 3. The molecule has 1 unspecified atom stereocenters. The summed E-state index contributed by atoms with van der Waals surface area (Å²) in [5.74, 6) is 2.01. The number of piperazine rings is 1. The quantitative estimate of drug-likeness (QED) is 0.673. The number of nitrogens with one attached hydrogen (secondary N) is 1. The molecule has 0 aliphatic carbocycles. The maximum absolute atomic E-state index is 12.9. The third-order valence-corrected chi connectivity index (χ3v) is 7.68. The van der Waals surface area contributed by atoms with E-state index in [0.717, 1.165) is 36.7 Å². The van der Waals surface area contributed by atoms with Gasteiger partial charge in [-0.1, -0.05) is 25.1 Å². The van der Waals surface area contributed by atoms with Gasteiger partial charge in [0, 0.05) is 45.6 Å². The second kappa shape index (κ2) is 9.27. The minimum absolute atomic E-state index is 0.0362. The van der Waals surface area contributed by atoms with Crippen molar-refractivity contribution in [1.29, 1.82) is 0 Å². The Morgan fingerprint density at radius 2 is 1.85 bits per heavy atom. The molecule has 1 amide bonds. The van der Waals surface area contributed by atoms with Crippen LogP contribution in [0.25, 0.3) is 0 Å². The van der Waals surface area contributed by atoms with Crippen molar-refractivity contribution in [1.82, 2.24) is 9.80 Å². The van der Waals surface area contributed by atoms with Gasteiger partial charge in [0.25, 0.3) is 10.0 Å². The standard InChI is InChI=1S/C24H28N4O5S/c1-17(12-23-25-19-4-2-3-5-22(19)34(30,31)26-23)13-24(29)28-10-8-27(9-11-28)15-18-6-7-20-21(14-18)33-16-32-20/h2-7,14,17H,8-13,15-16H2,1H3,(H,25,26). The van der Waals surface area contributed by atoms with Crippen molar-refractivity contribution in [3.63, 3.8) is 0 Å². The fourth-order valence-electron chi connectivity index (χ4n) is 4.54. The number of hydrogen-bond acceptors (Lipinski definition) is 7. The lowest BCUT2D eigenvalue weighted by Gasteiger charge is -2.35. The first-order valence-corrected chi connectivity index (χ1v) is 12.9. The van der Waals surface area contributed by atoms with Crippen LogP contribution in [0.5, 0.6) is 11.5 Å². The van der Waals surface area contributed by atoms with Gasteiger partial charge in [0.2, 0.25) is 12.7 Å². The molecule has 0 radical (unpaired) electrons. The van der Waals surface area contributed by atoms with Gasteiger partial charge in [0.05, 0.1) is 5.69 Å². The maximum Gasteiger partial charge on any atom is 0.286 e. The third kappa shape index (κ3) is 4.88. The Morgan fingerprint density at radius 1 is 1.09 bits per heavy atom. The SMILES string of the molecule is CC(CC(=O)N1CCN(Cc2ccc3c(c2)OCO3)CC1)CC1=NS(=O)(=O)c2ccccc2N1. The van der Waals surface area contributed by atoms with E-state index in [2.05, 4.69) is 14.6 Å². The highest BCUT2D eigenvalue weighted by Gasteiger charge is 2.27. The van der Waals surface area contributed by atoms with Gasteiger partial charge in [-0.05, 0) is 35.7 Å². The van der Waals surface area contributed by atoms with Gasteiger partial charge in [-0.25, -0.2) is 0 Å². The van der Waals surface area contributed by atoms with Crippen molar-refractivity contribution < 1.29 is 22.7 Å². The van der Waals surface area contributed by atoms with Crippen molar-refractivity contribution in [3.05, 3.63) is 48.0 Å². The van der Waals surface area contributed by atoms with Crippen LogP contribution in [0.1, 0.15) is 25.3 Å². The largest absolute Gasteiger partial charge is 0.454 e. The predicted octanol–water partition coefficient (Wildman–Crippen LogP) is 2.69. The average Bonchev–Trinajstić information content (AvgIpc) is 3.27. The molecule has 0 bridgehead atoms. The zero-order valence-electron chi connectivity index (χ0n) is 19.1. The molecule has 34 heavy (non-hydrogen) atoms. The lowest BCUT2D eigenvalue weighted by molar-refractivity contribution is -0.133. The van der Waals surface area contributed by atoms with Gasteiger partial charge in [-0.3, -0.25) is 9.69 Å². The van der Waals surface area contributed by atoms with Crippen molar-refractivity contribution >= 4 is 27.5 Å². The molecule has 0 saturated carbocycles. The van der Waals surface area contributed by atoms with Gasteiger partial charge in [0.15, 0.2) is 11.5 Å². The third-order valence-electron chi connectivity index (χ3n) is 6.31.